The highest BCUT2D eigenvalue weighted by atomic mass is 19.1. The molecule has 0 saturated carbocycles. The van der Waals surface area contributed by atoms with Crippen LogP contribution < -0.4 is 4.74 Å². The maximum Gasteiger partial charge on any atom is 0.339 e. The van der Waals surface area contributed by atoms with Crippen LogP contribution in [0.1, 0.15) is 15.9 Å². The standard InChI is InChI=1S/C14H10FNO5/c1-8-5-6-12(9(7-8)14(17)18)21-13-10(15)3-2-4-11(13)16(19)20/h2-7H,1H3,(H,17,18). The lowest BCUT2D eigenvalue weighted by molar-refractivity contribution is -0.385. The molecule has 7 heteroatoms. The number of benzene rings is 2. The zero-order chi connectivity index (χ0) is 15.6. The molecule has 0 saturated heterocycles. The van der Waals surface area contributed by atoms with Crippen molar-refractivity contribution in [1.29, 1.82) is 0 Å². The van der Waals surface area contributed by atoms with Gasteiger partial charge in [0.15, 0.2) is 5.82 Å². The van der Waals surface area contributed by atoms with Crippen molar-refractivity contribution in [2.45, 2.75) is 6.92 Å². The number of hydrogen-bond acceptors (Lipinski definition) is 4. The van der Waals surface area contributed by atoms with Crippen LogP contribution in [0.3, 0.4) is 0 Å². The van der Waals surface area contributed by atoms with E-state index in [1.165, 1.54) is 18.2 Å². The molecule has 0 aliphatic rings. The lowest BCUT2D eigenvalue weighted by atomic mass is 10.1. The maximum atomic E-state index is 13.7. The quantitative estimate of drug-likeness (QED) is 0.687. The first-order valence-corrected chi connectivity index (χ1v) is 5.85. The summed E-state index contributed by atoms with van der Waals surface area (Å²) < 4.78 is 18.9. The minimum absolute atomic E-state index is 0.165. The first kappa shape index (κ1) is 14.4. The van der Waals surface area contributed by atoms with Gasteiger partial charge in [-0.05, 0) is 25.1 Å². The Hall–Kier alpha value is -2.96. The van der Waals surface area contributed by atoms with Crippen LogP contribution in [0.4, 0.5) is 10.1 Å². The van der Waals surface area contributed by atoms with E-state index in [2.05, 4.69) is 0 Å². The molecule has 0 heterocycles. The molecule has 2 rings (SSSR count). The highest BCUT2D eigenvalue weighted by molar-refractivity contribution is 5.91. The fourth-order valence-electron chi connectivity index (χ4n) is 1.75. The molecule has 0 unspecified atom stereocenters. The van der Waals surface area contributed by atoms with Gasteiger partial charge in [0.05, 0.1) is 4.92 Å². The number of ether oxygens (including phenoxy) is 1. The average molecular weight is 291 g/mol. The molecule has 0 aliphatic heterocycles. The topological polar surface area (TPSA) is 89.7 Å². The summed E-state index contributed by atoms with van der Waals surface area (Å²) in [4.78, 5) is 21.2. The van der Waals surface area contributed by atoms with Crippen molar-refractivity contribution in [3.05, 3.63) is 63.5 Å². The Bertz CT molecular complexity index is 729. The molecule has 2 aromatic carbocycles. The van der Waals surface area contributed by atoms with Crippen LogP contribution in [0.15, 0.2) is 36.4 Å². The highest BCUT2D eigenvalue weighted by Gasteiger charge is 2.22. The van der Waals surface area contributed by atoms with Crippen LogP contribution in [0.5, 0.6) is 11.5 Å². The second-order valence-electron chi connectivity index (χ2n) is 4.25. The number of nitro groups is 1. The van der Waals surface area contributed by atoms with Gasteiger partial charge in [-0.25, -0.2) is 9.18 Å². The molecule has 0 aliphatic carbocycles. The fourth-order valence-corrected chi connectivity index (χ4v) is 1.75. The van der Waals surface area contributed by atoms with Crippen LogP contribution in [0.25, 0.3) is 0 Å². The molecular formula is C14H10FNO5. The van der Waals surface area contributed by atoms with Crippen molar-refractivity contribution in [3.8, 4) is 11.5 Å². The second kappa shape index (κ2) is 5.58. The van der Waals surface area contributed by atoms with Gasteiger partial charge in [-0.1, -0.05) is 17.7 Å². The lowest BCUT2D eigenvalue weighted by Crippen LogP contribution is -2.02. The minimum atomic E-state index is -1.27. The second-order valence-corrected chi connectivity index (χ2v) is 4.25. The summed E-state index contributed by atoms with van der Waals surface area (Å²) in [5.74, 6) is -3.00. The predicted molar refractivity (Wildman–Crippen MR) is 71.3 cm³/mol. The SMILES string of the molecule is Cc1ccc(Oc2c(F)cccc2[N+](=O)[O-])c(C(=O)O)c1. The van der Waals surface area contributed by atoms with E-state index in [1.54, 1.807) is 13.0 Å². The number of halogens is 1. The Morgan fingerprint density at radius 2 is 2.05 bits per heavy atom. The summed E-state index contributed by atoms with van der Waals surface area (Å²) in [6.45, 7) is 1.68. The van der Waals surface area contributed by atoms with E-state index < -0.39 is 28.1 Å². The molecule has 0 spiro atoms. The largest absolute Gasteiger partial charge is 0.478 e. The van der Waals surface area contributed by atoms with Crippen molar-refractivity contribution in [1.82, 2.24) is 0 Å². The summed E-state index contributed by atoms with van der Waals surface area (Å²) in [7, 11) is 0. The van der Waals surface area contributed by atoms with Crippen LogP contribution in [-0.2, 0) is 0 Å². The molecule has 21 heavy (non-hydrogen) atoms. The monoisotopic (exact) mass is 291 g/mol. The molecule has 108 valence electrons. The van der Waals surface area contributed by atoms with Crippen LogP contribution in [0, 0.1) is 22.9 Å². The van der Waals surface area contributed by atoms with Gasteiger partial charge in [0.25, 0.3) is 0 Å². The van der Waals surface area contributed by atoms with E-state index in [1.807, 2.05) is 0 Å². The Morgan fingerprint density at radius 1 is 1.33 bits per heavy atom. The number of carboxylic acid groups (broad SMARTS) is 1. The molecule has 1 N–H and O–H groups in total. The predicted octanol–water partition coefficient (Wildman–Crippen LogP) is 3.53. The minimum Gasteiger partial charge on any atom is -0.478 e. The molecule has 2 aromatic rings. The number of carboxylic acids is 1. The molecule has 0 bridgehead atoms. The van der Waals surface area contributed by atoms with Gasteiger partial charge in [0.1, 0.15) is 11.3 Å². The molecule has 0 radical (unpaired) electrons. The highest BCUT2D eigenvalue weighted by Crippen LogP contribution is 2.35. The van der Waals surface area contributed by atoms with Gasteiger partial charge in [0, 0.05) is 6.07 Å². The van der Waals surface area contributed by atoms with E-state index in [0.29, 0.717) is 5.56 Å². The third-order valence-electron chi connectivity index (χ3n) is 2.72. The van der Waals surface area contributed by atoms with Crippen LogP contribution in [-0.4, -0.2) is 16.0 Å². The first-order valence-electron chi connectivity index (χ1n) is 5.85. The lowest BCUT2D eigenvalue weighted by Gasteiger charge is -2.10. The van der Waals surface area contributed by atoms with Crippen molar-refractivity contribution < 1.29 is 24.0 Å². The van der Waals surface area contributed by atoms with E-state index in [0.717, 1.165) is 12.1 Å². The number of hydrogen-bond donors (Lipinski definition) is 1. The van der Waals surface area contributed by atoms with Crippen molar-refractivity contribution in [2.75, 3.05) is 0 Å². The normalized spacial score (nSPS) is 10.2. The Labute approximate surface area is 118 Å². The van der Waals surface area contributed by atoms with Crippen LogP contribution in [0.2, 0.25) is 0 Å². The van der Waals surface area contributed by atoms with Gasteiger partial charge in [-0.3, -0.25) is 10.1 Å². The van der Waals surface area contributed by atoms with Gasteiger partial charge >= 0.3 is 11.7 Å². The number of aryl methyl sites for hydroxylation is 1. The van der Waals surface area contributed by atoms with Crippen molar-refractivity contribution in [2.24, 2.45) is 0 Å². The molecule has 6 nitrogen and oxygen atoms in total. The smallest absolute Gasteiger partial charge is 0.339 e. The van der Waals surface area contributed by atoms with Gasteiger partial charge in [0.2, 0.25) is 5.75 Å². The molecular weight excluding hydrogens is 281 g/mol. The number of nitro benzene ring substituents is 1. The number of rotatable bonds is 4. The Balaban J connectivity index is 2.53. The number of aromatic carboxylic acids is 1. The van der Waals surface area contributed by atoms with E-state index in [-0.39, 0.29) is 11.3 Å². The van der Waals surface area contributed by atoms with Crippen molar-refractivity contribution >= 4 is 11.7 Å². The zero-order valence-corrected chi connectivity index (χ0v) is 10.9. The summed E-state index contributed by atoms with van der Waals surface area (Å²) >= 11 is 0. The molecule has 0 amide bonds. The molecule has 0 aromatic heterocycles. The van der Waals surface area contributed by atoms with Gasteiger partial charge in [-0.15, -0.1) is 0 Å². The van der Waals surface area contributed by atoms with Crippen LogP contribution >= 0.6 is 0 Å². The first-order chi connectivity index (χ1) is 9.90. The summed E-state index contributed by atoms with van der Waals surface area (Å²) in [5, 5.41) is 20.0. The number of para-hydroxylation sites is 1. The summed E-state index contributed by atoms with van der Waals surface area (Å²) in [6, 6.07) is 7.48. The van der Waals surface area contributed by atoms with E-state index >= 15 is 0 Å². The molecule has 0 atom stereocenters. The zero-order valence-electron chi connectivity index (χ0n) is 10.9. The third kappa shape index (κ3) is 2.97. The fraction of sp³-hybridized carbons (Fsp3) is 0.0714. The van der Waals surface area contributed by atoms with Gasteiger partial charge in [-0.2, -0.15) is 0 Å². The third-order valence-corrected chi connectivity index (χ3v) is 2.72. The van der Waals surface area contributed by atoms with Crippen molar-refractivity contribution in [3.63, 3.8) is 0 Å². The maximum absolute atomic E-state index is 13.7. The average Bonchev–Trinajstić information content (AvgIpc) is 2.42. The Morgan fingerprint density at radius 3 is 2.67 bits per heavy atom. The molecule has 0 fully saturated rings. The van der Waals surface area contributed by atoms with E-state index in [4.69, 9.17) is 9.84 Å². The number of carbonyl (C=O) groups is 1. The van der Waals surface area contributed by atoms with Gasteiger partial charge < -0.3 is 9.84 Å². The van der Waals surface area contributed by atoms with E-state index in [9.17, 15) is 19.3 Å². The Kier molecular flexibility index (Phi) is 3.84. The summed E-state index contributed by atoms with van der Waals surface area (Å²) in [6.07, 6.45) is 0. The summed E-state index contributed by atoms with van der Waals surface area (Å²) in [5.41, 5.74) is -0.109. The number of nitrogens with zero attached hydrogens (tertiary/aromatic N) is 1.